The van der Waals surface area contributed by atoms with Gasteiger partial charge in [-0.15, -0.1) is 0 Å². The lowest BCUT2D eigenvalue weighted by Gasteiger charge is -2.35. The van der Waals surface area contributed by atoms with Crippen molar-refractivity contribution in [1.29, 1.82) is 0 Å². The zero-order valence-electron chi connectivity index (χ0n) is 21.4. The van der Waals surface area contributed by atoms with E-state index in [4.69, 9.17) is 32.6 Å². The number of carbonyl (C=O) groups is 1. The molecule has 0 spiro atoms. The van der Waals surface area contributed by atoms with E-state index in [1.54, 1.807) is 12.1 Å². The van der Waals surface area contributed by atoms with E-state index in [1.165, 1.54) is 19.5 Å². The number of aryl methyl sites for hydroxylation is 1. The molecule has 2 fully saturated rings. The van der Waals surface area contributed by atoms with Crippen LogP contribution in [0.15, 0.2) is 22.6 Å². The van der Waals surface area contributed by atoms with Crippen LogP contribution in [0.2, 0.25) is 10.0 Å². The smallest absolute Gasteiger partial charge is 0.226 e. The molecule has 4 rings (SSSR count). The molecule has 0 saturated carbocycles. The molecule has 1 aromatic carbocycles. The van der Waals surface area contributed by atoms with E-state index in [9.17, 15) is 4.79 Å². The molecule has 7 heteroatoms. The fourth-order valence-corrected chi connectivity index (χ4v) is 6.06. The molecule has 0 radical (unpaired) electrons. The fourth-order valence-electron chi connectivity index (χ4n) is 5.77. The zero-order valence-corrected chi connectivity index (χ0v) is 22.9. The van der Waals surface area contributed by atoms with Crippen LogP contribution >= 0.6 is 23.2 Å². The Hall–Kier alpha value is -1.40. The van der Waals surface area contributed by atoms with Crippen LogP contribution in [-0.4, -0.2) is 53.3 Å². The van der Waals surface area contributed by atoms with Crippen molar-refractivity contribution in [3.05, 3.63) is 39.7 Å². The van der Waals surface area contributed by atoms with Crippen molar-refractivity contribution in [2.75, 3.05) is 32.7 Å². The van der Waals surface area contributed by atoms with Gasteiger partial charge < -0.3 is 9.32 Å². The highest BCUT2D eigenvalue weighted by molar-refractivity contribution is 6.42. The maximum absolute atomic E-state index is 12.8. The Morgan fingerprint density at radius 2 is 1.77 bits per heavy atom. The maximum atomic E-state index is 12.8. The lowest BCUT2D eigenvalue weighted by atomic mass is 9.89. The van der Waals surface area contributed by atoms with E-state index in [-0.39, 0.29) is 5.92 Å². The van der Waals surface area contributed by atoms with Gasteiger partial charge in [-0.25, -0.2) is 4.98 Å². The second-order valence-electron chi connectivity index (χ2n) is 10.8. The first-order valence-corrected chi connectivity index (χ1v) is 13.9. The quantitative estimate of drug-likeness (QED) is 0.337. The van der Waals surface area contributed by atoms with E-state index in [0.717, 1.165) is 87.1 Å². The Morgan fingerprint density at radius 3 is 2.46 bits per heavy atom. The van der Waals surface area contributed by atoms with Crippen molar-refractivity contribution < 1.29 is 9.21 Å². The Bertz CT molecular complexity index is 990. The van der Waals surface area contributed by atoms with Crippen LogP contribution in [-0.2, 0) is 11.3 Å². The number of benzene rings is 1. The van der Waals surface area contributed by atoms with Crippen LogP contribution in [0, 0.1) is 24.7 Å². The molecule has 0 N–H and O–H groups in total. The van der Waals surface area contributed by atoms with Crippen LogP contribution in [0.3, 0.4) is 0 Å². The second kappa shape index (κ2) is 12.2. The normalized spacial score (nSPS) is 22.5. The third-order valence-corrected chi connectivity index (χ3v) is 8.31. The Labute approximate surface area is 220 Å². The van der Waals surface area contributed by atoms with Gasteiger partial charge in [-0.1, -0.05) is 37.0 Å². The lowest BCUT2D eigenvalue weighted by Crippen LogP contribution is -2.39. The molecule has 0 aliphatic carbocycles. The average molecular weight is 521 g/mol. The maximum Gasteiger partial charge on any atom is 0.226 e. The van der Waals surface area contributed by atoms with E-state index in [2.05, 4.69) is 23.6 Å². The Morgan fingerprint density at radius 1 is 1.06 bits per heavy atom. The first kappa shape index (κ1) is 26.7. The van der Waals surface area contributed by atoms with Gasteiger partial charge in [-0.3, -0.25) is 9.69 Å². The van der Waals surface area contributed by atoms with Gasteiger partial charge in [0.05, 0.1) is 15.7 Å². The number of Topliss-reactive ketones (excluding diaryl/α,β-unsaturated/α-hetero) is 1. The predicted molar refractivity (Wildman–Crippen MR) is 143 cm³/mol. The fraction of sp³-hybridized carbons (Fsp3) is 0.643. The predicted octanol–water partition coefficient (Wildman–Crippen LogP) is 6.89. The number of hydrogen-bond acceptors (Lipinski definition) is 5. The minimum absolute atomic E-state index is 0.214. The summed E-state index contributed by atoms with van der Waals surface area (Å²) in [5.74, 6) is 3.66. The third-order valence-electron chi connectivity index (χ3n) is 7.57. The highest BCUT2D eigenvalue weighted by Gasteiger charge is 2.26. The third kappa shape index (κ3) is 7.31. The van der Waals surface area contributed by atoms with Gasteiger partial charge in [-0.05, 0) is 88.7 Å². The highest BCUT2D eigenvalue weighted by Crippen LogP contribution is 2.30. The largest absolute Gasteiger partial charge is 0.441 e. The van der Waals surface area contributed by atoms with Gasteiger partial charge in [0.15, 0.2) is 0 Å². The van der Waals surface area contributed by atoms with Gasteiger partial charge in [0.25, 0.3) is 0 Å². The summed E-state index contributed by atoms with van der Waals surface area (Å²) in [4.78, 5) is 22.5. The molecule has 3 heterocycles. The van der Waals surface area contributed by atoms with E-state index < -0.39 is 0 Å². The number of halogens is 2. The summed E-state index contributed by atoms with van der Waals surface area (Å²) in [5.41, 5.74) is 1.76. The minimum Gasteiger partial charge on any atom is -0.441 e. The summed E-state index contributed by atoms with van der Waals surface area (Å²) >= 11 is 12.2. The first-order chi connectivity index (χ1) is 16.8. The number of ketones is 1. The summed E-state index contributed by atoms with van der Waals surface area (Å²) in [7, 11) is 0. The number of nitrogens with zero attached hydrogens (tertiary/aromatic N) is 3. The van der Waals surface area contributed by atoms with E-state index in [1.807, 2.05) is 13.0 Å². The average Bonchev–Trinajstić information content (AvgIpc) is 3.18. The summed E-state index contributed by atoms with van der Waals surface area (Å²) in [6, 6.07) is 5.41. The topological polar surface area (TPSA) is 49.6 Å². The number of carbonyl (C=O) groups excluding carboxylic acids is 1. The Balaban J connectivity index is 1.19. The molecule has 2 saturated heterocycles. The number of oxazole rings is 1. The molecule has 2 aliphatic heterocycles. The standard InChI is InChI=1S/C28H39Cl2N3O2/c1-19-14-20(2)17-33(16-19)11-5-4-6-27(34)22-9-12-32(13-10-22)18-26-21(3)35-28(31-26)23-7-8-24(29)25(30)15-23/h7-8,15,19-20,22H,4-6,9-14,16-18H2,1-3H3/t19-,20+. The van der Waals surface area contributed by atoms with Gasteiger partial charge >= 0.3 is 0 Å². The SMILES string of the molecule is Cc1oc(-c2ccc(Cl)c(Cl)c2)nc1CN1CCC(C(=O)CCCCN2C[C@H](C)C[C@H](C)C2)CC1. The molecule has 0 bridgehead atoms. The van der Waals surface area contributed by atoms with Crippen molar-refractivity contribution in [1.82, 2.24) is 14.8 Å². The molecule has 2 atom stereocenters. The van der Waals surface area contributed by atoms with E-state index in [0.29, 0.717) is 21.7 Å². The molecule has 1 aromatic heterocycles. The van der Waals surface area contributed by atoms with Crippen LogP contribution in [0.25, 0.3) is 11.5 Å². The van der Waals surface area contributed by atoms with E-state index >= 15 is 0 Å². The number of aromatic nitrogens is 1. The zero-order chi connectivity index (χ0) is 24.9. The summed E-state index contributed by atoms with van der Waals surface area (Å²) in [5, 5.41) is 1.01. The van der Waals surface area contributed by atoms with Gasteiger partial charge in [-0.2, -0.15) is 0 Å². The van der Waals surface area contributed by atoms with Crippen LogP contribution < -0.4 is 0 Å². The van der Waals surface area contributed by atoms with Gasteiger partial charge in [0, 0.05) is 37.5 Å². The molecule has 192 valence electrons. The number of unbranched alkanes of at least 4 members (excludes halogenated alkanes) is 1. The number of piperidine rings is 2. The molecule has 0 unspecified atom stereocenters. The van der Waals surface area contributed by atoms with Crippen molar-refractivity contribution in [3.8, 4) is 11.5 Å². The molecule has 0 amide bonds. The Kier molecular flexibility index (Phi) is 9.31. The van der Waals surface area contributed by atoms with Gasteiger partial charge in [0.2, 0.25) is 5.89 Å². The monoisotopic (exact) mass is 519 g/mol. The minimum atomic E-state index is 0.214. The van der Waals surface area contributed by atoms with Crippen molar-refractivity contribution >= 4 is 29.0 Å². The molecule has 2 aliphatic rings. The molecular weight excluding hydrogens is 481 g/mol. The molecular formula is C28H39Cl2N3O2. The van der Waals surface area contributed by atoms with Crippen LogP contribution in [0.4, 0.5) is 0 Å². The van der Waals surface area contributed by atoms with Gasteiger partial charge in [0.1, 0.15) is 11.5 Å². The summed E-state index contributed by atoms with van der Waals surface area (Å²) in [6.07, 6.45) is 6.12. The second-order valence-corrected chi connectivity index (χ2v) is 11.6. The number of likely N-dealkylation sites (tertiary alicyclic amines) is 2. The summed E-state index contributed by atoms with van der Waals surface area (Å²) < 4.78 is 5.91. The van der Waals surface area contributed by atoms with Crippen LogP contribution in [0.1, 0.15) is 63.8 Å². The van der Waals surface area contributed by atoms with Crippen molar-refractivity contribution in [2.45, 2.75) is 65.8 Å². The van der Waals surface area contributed by atoms with Crippen molar-refractivity contribution in [2.24, 2.45) is 17.8 Å². The highest BCUT2D eigenvalue weighted by atomic mass is 35.5. The number of rotatable bonds is 9. The molecule has 5 nitrogen and oxygen atoms in total. The van der Waals surface area contributed by atoms with Crippen LogP contribution in [0.5, 0.6) is 0 Å². The lowest BCUT2D eigenvalue weighted by molar-refractivity contribution is -0.124. The molecule has 2 aromatic rings. The first-order valence-electron chi connectivity index (χ1n) is 13.2. The number of hydrogen-bond donors (Lipinski definition) is 0. The molecule has 35 heavy (non-hydrogen) atoms. The summed E-state index contributed by atoms with van der Waals surface area (Å²) in [6.45, 7) is 12.8. The van der Waals surface area contributed by atoms with Crippen molar-refractivity contribution in [3.63, 3.8) is 0 Å².